The number of nitrogens with zero attached hydrogens (tertiary/aromatic N) is 3. The number of anilines is 1. The van der Waals surface area contributed by atoms with Crippen molar-refractivity contribution in [1.29, 1.82) is 0 Å². The van der Waals surface area contributed by atoms with Crippen molar-refractivity contribution in [2.75, 3.05) is 38.2 Å². The van der Waals surface area contributed by atoms with Crippen LogP contribution < -0.4 is 5.32 Å². The molecule has 0 spiro atoms. The number of hydrogen-bond acceptors (Lipinski definition) is 4. The van der Waals surface area contributed by atoms with Gasteiger partial charge in [-0.2, -0.15) is 0 Å². The highest BCUT2D eigenvalue weighted by atomic mass is 31.0. The molecule has 188 valence electrons. The number of para-hydroxylation sites is 1. The maximum atomic E-state index is 14.2. The molecule has 1 aromatic carbocycles. The Balaban J connectivity index is 1.41. The van der Waals surface area contributed by atoms with Gasteiger partial charge in [0.25, 0.3) is 5.66 Å². The van der Waals surface area contributed by atoms with E-state index in [9.17, 15) is 13.2 Å². The highest BCUT2D eigenvalue weighted by Crippen LogP contribution is 2.42. The number of pyridine rings is 1. The highest BCUT2D eigenvalue weighted by molar-refractivity contribution is 7.18. The summed E-state index contributed by atoms with van der Waals surface area (Å²) in [7, 11) is 1.68. The number of fused-ring (bicyclic) bond motifs is 3. The Morgan fingerprint density at radius 1 is 1.23 bits per heavy atom. The van der Waals surface area contributed by atoms with Gasteiger partial charge in [-0.15, -0.1) is 0 Å². The maximum absolute atomic E-state index is 14.2. The van der Waals surface area contributed by atoms with Crippen molar-refractivity contribution in [3.63, 3.8) is 0 Å². The van der Waals surface area contributed by atoms with Crippen molar-refractivity contribution < 1.29 is 13.2 Å². The Hall–Kier alpha value is -2.15. The van der Waals surface area contributed by atoms with Crippen LogP contribution in [0, 0.1) is 0 Å². The van der Waals surface area contributed by atoms with E-state index >= 15 is 0 Å². The van der Waals surface area contributed by atoms with Crippen molar-refractivity contribution in [1.82, 2.24) is 19.8 Å². The monoisotopic (exact) mass is 503 g/mol. The Morgan fingerprint density at radius 3 is 2.80 bits per heavy atom. The van der Waals surface area contributed by atoms with Crippen LogP contribution in [0.5, 0.6) is 0 Å². The summed E-state index contributed by atoms with van der Waals surface area (Å²) < 4.78 is 40.9. The van der Waals surface area contributed by atoms with Crippen LogP contribution in [0.2, 0.25) is 0 Å². The summed E-state index contributed by atoms with van der Waals surface area (Å²) in [5.41, 5.74) is 1.92. The first kappa shape index (κ1) is 24.5. The number of alkyl halides is 3. The van der Waals surface area contributed by atoms with Gasteiger partial charge in [-0.25, -0.2) is 8.78 Å². The predicted octanol–water partition coefficient (Wildman–Crippen LogP) is 5.21. The summed E-state index contributed by atoms with van der Waals surface area (Å²) in [5, 5.41) is 4.68. The maximum Gasteiger partial charge on any atom is 0.271 e. The second-order valence-electron chi connectivity index (χ2n) is 9.90. The minimum absolute atomic E-state index is 0.0634. The van der Waals surface area contributed by atoms with Gasteiger partial charge in [0.15, 0.2) is 0 Å². The van der Waals surface area contributed by atoms with E-state index in [-0.39, 0.29) is 25.3 Å². The molecule has 9 heteroatoms. The molecule has 2 aliphatic rings. The van der Waals surface area contributed by atoms with Crippen molar-refractivity contribution >= 4 is 25.8 Å². The molecule has 1 fully saturated rings. The number of halogens is 3. The van der Waals surface area contributed by atoms with Crippen LogP contribution in [0.25, 0.3) is 10.9 Å². The van der Waals surface area contributed by atoms with Gasteiger partial charge in [0.05, 0.1) is 36.8 Å². The van der Waals surface area contributed by atoms with E-state index in [1.807, 2.05) is 42.2 Å². The van der Waals surface area contributed by atoms with E-state index in [2.05, 4.69) is 21.3 Å². The summed E-state index contributed by atoms with van der Waals surface area (Å²) in [4.78, 5) is 12.4. The highest BCUT2D eigenvalue weighted by Gasteiger charge is 2.40. The Labute approximate surface area is 206 Å². The number of H-pyrrole nitrogens is 1. The molecule has 4 heterocycles. The molecule has 4 atom stereocenters. The van der Waals surface area contributed by atoms with Crippen molar-refractivity contribution in [2.24, 2.45) is 0 Å². The number of benzene rings is 1. The van der Waals surface area contributed by atoms with Crippen molar-refractivity contribution in [3.05, 3.63) is 59.5 Å². The zero-order valence-electron chi connectivity index (χ0n) is 20.0. The lowest BCUT2D eigenvalue weighted by Gasteiger charge is -2.41. The number of hydrogen-bond donors (Lipinski definition) is 2. The van der Waals surface area contributed by atoms with Crippen LogP contribution in [0.1, 0.15) is 42.8 Å². The van der Waals surface area contributed by atoms with Gasteiger partial charge in [-0.05, 0) is 49.9 Å². The smallest absolute Gasteiger partial charge is 0.271 e. The first-order valence-corrected chi connectivity index (χ1v) is 12.9. The molecule has 1 saturated heterocycles. The normalized spacial score (nSPS) is 23.6. The molecule has 2 aliphatic heterocycles. The lowest BCUT2D eigenvalue weighted by molar-refractivity contribution is 0.0186. The van der Waals surface area contributed by atoms with Crippen LogP contribution in [-0.2, 0) is 6.42 Å². The quantitative estimate of drug-likeness (QED) is 0.414. The molecular formula is C26H33F3N5P. The zero-order valence-corrected chi connectivity index (χ0v) is 21.1. The molecular weight excluding hydrogens is 470 g/mol. The molecule has 2 aromatic heterocycles. The molecule has 3 aromatic rings. The average Bonchev–Trinajstić information content (AvgIpc) is 3.42. The molecule has 0 aliphatic carbocycles. The Morgan fingerprint density at radius 2 is 2.06 bits per heavy atom. The van der Waals surface area contributed by atoms with Gasteiger partial charge in [0.1, 0.15) is 0 Å². The Bertz CT molecular complexity index is 1150. The number of rotatable bonds is 8. The van der Waals surface area contributed by atoms with Gasteiger partial charge in [0.2, 0.25) is 0 Å². The lowest BCUT2D eigenvalue weighted by atomic mass is 9.90. The summed E-state index contributed by atoms with van der Waals surface area (Å²) >= 11 is 0. The molecule has 2 N–H and O–H groups in total. The minimum atomic E-state index is -2.89. The van der Waals surface area contributed by atoms with Crippen LogP contribution in [0.15, 0.2) is 42.6 Å². The summed E-state index contributed by atoms with van der Waals surface area (Å²) in [5.74, 6) is 0. The van der Waals surface area contributed by atoms with Gasteiger partial charge >= 0.3 is 0 Å². The molecule has 0 amide bonds. The van der Waals surface area contributed by atoms with Crippen molar-refractivity contribution in [2.45, 2.75) is 50.0 Å². The number of aromatic amines is 1. The molecule has 5 rings (SSSR count). The van der Waals surface area contributed by atoms with E-state index in [4.69, 9.17) is 4.98 Å². The van der Waals surface area contributed by atoms with Crippen LogP contribution in [0.3, 0.4) is 0 Å². The van der Waals surface area contributed by atoms with E-state index in [1.54, 1.807) is 15.4 Å². The lowest BCUT2D eigenvalue weighted by Crippen LogP contribution is -2.47. The minimum Gasteiger partial charge on any atom is -0.380 e. The Kier molecular flexibility index (Phi) is 7.06. The van der Waals surface area contributed by atoms with E-state index in [0.29, 0.717) is 18.9 Å². The molecule has 0 radical (unpaired) electrons. The predicted molar refractivity (Wildman–Crippen MR) is 138 cm³/mol. The van der Waals surface area contributed by atoms with Crippen LogP contribution in [0.4, 0.5) is 18.9 Å². The van der Waals surface area contributed by atoms with Gasteiger partial charge in [0, 0.05) is 48.3 Å². The van der Waals surface area contributed by atoms with E-state index < -0.39 is 5.66 Å². The fraction of sp³-hybridized carbons (Fsp3) is 0.500. The molecule has 0 saturated carbocycles. The zero-order chi connectivity index (χ0) is 24.6. The van der Waals surface area contributed by atoms with E-state index in [0.717, 1.165) is 54.0 Å². The van der Waals surface area contributed by atoms with Gasteiger partial charge in [-0.3, -0.25) is 14.3 Å². The average molecular weight is 504 g/mol. The van der Waals surface area contributed by atoms with Crippen LogP contribution >= 0.6 is 9.24 Å². The largest absolute Gasteiger partial charge is 0.380 e. The third-order valence-corrected chi connectivity index (χ3v) is 7.41. The van der Waals surface area contributed by atoms with Crippen molar-refractivity contribution in [3.8, 4) is 0 Å². The van der Waals surface area contributed by atoms with E-state index in [1.165, 1.54) is 5.56 Å². The summed E-state index contributed by atoms with van der Waals surface area (Å²) in [6, 6.07) is 11.9. The van der Waals surface area contributed by atoms with Crippen LogP contribution in [-0.4, -0.2) is 70.4 Å². The summed E-state index contributed by atoms with van der Waals surface area (Å²) in [6.07, 6.45) is 4.09. The topological polar surface area (TPSA) is 47.2 Å². The second-order valence-corrected chi connectivity index (χ2v) is 10.7. The first-order chi connectivity index (χ1) is 16.8. The van der Waals surface area contributed by atoms with Gasteiger partial charge in [-0.1, -0.05) is 27.4 Å². The molecule has 35 heavy (non-hydrogen) atoms. The number of likely N-dealkylation sites (tertiary alicyclic amines) is 1. The fourth-order valence-electron chi connectivity index (χ4n) is 5.64. The third-order valence-electron chi connectivity index (χ3n) is 7.23. The molecule has 2 unspecified atom stereocenters. The fourth-order valence-corrected chi connectivity index (χ4v) is 5.85. The molecule has 5 nitrogen and oxygen atoms in total. The number of nitrogens with one attached hydrogen (secondary N) is 2. The summed E-state index contributed by atoms with van der Waals surface area (Å²) in [6.45, 7) is 4.00. The second kappa shape index (κ2) is 10.1. The number of aromatic nitrogens is 2. The molecule has 0 bridgehead atoms. The van der Waals surface area contributed by atoms with Gasteiger partial charge < -0.3 is 15.2 Å². The third kappa shape index (κ3) is 5.35. The first-order valence-electron chi connectivity index (χ1n) is 12.3. The SMILES string of the molecule is C[C@@H]1Cc2c([nH]c3ccccc23)[C@@H](c2ccc(NC3CCN(CCCF)C3)cn2)N1CC(F)(F)P. The standard InChI is InChI=1S/C26H33F3N5P/c1-17-13-21-20-5-2-3-6-22(20)32-24(21)25(34(17)16-26(28,29)35)23-8-7-18(14-30-23)31-19-9-12-33(15-19)11-4-10-27/h2-3,5-8,14,17,19,25,31-32H,4,9-13,15-16,35H2,1H3/t17-,19?,25-/m1/s1.